The van der Waals surface area contributed by atoms with Gasteiger partial charge in [-0.2, -0.15) is 0 Å². The van der Waals surface area contributed by atoms with Crippen molar-refractivity contribution in [1.29, 1.82) is 0 Å². The molecule has 2 unspecified atom stereocenters. The van der Waals surface area contributed by atoms with Gasteiger partial charge in [-0.25, -0.2) is 14.6 Å². The zero-order valence-electron chi connectivity index (χ0n) is 19.1. The van der Waals surface area contributed by atoms with E-state index in [0.717, 1.165) is 36.6 Å². The number of carbonyl (C=O) groups is 1. The maximum atomic E-state index is 13.0. The van der Waals surface area contributed by atoms with Crippen LogP contribution in [0.15, 0.2) is 66.0 Å². The molecule has 0 radical (unpaired) electrons. The van der Waals surface area contributed by atoms with E-state index in [9.17, 15) is 4.79 Å². The number of carbonyl (C=O) groups excluding carboxylic acids is 1. The van der Waals surface area contributed by atoms with Gasteiger partial charge in [-0.05, 0) is 26.0 Å². The second-order valence-corrected chi connectivity index (χ2v) is 9.28. The molecular formula is C25H26N6O2S. The van der Waals surface area contributed by atoms with Gasteiger partial charge in [0.1, 0.15) is 0 Å². The summed E-state index contributed by atoms with van der Waals surface area (Å²) in [5.74, 6) is 0.309. The van der Waals surface area contributed by atoms with E-state index < -0.39 is 0 Å². The first-order valence-corrected chi connectivity index (χ1v) is 12.1. The molecule has 1 saturated heterocycles. The molecule has 0 saturated carbocycles. The van der Waals surface area contributed by atoms with Crippen molar-refractivity contribution in [2.45, 2.75) is 32.6 Å². The minimum absolute atomic E-state index is 0.0929. The molecule has 34 heavy (non-hydrogen) atoms. The van der Waals surface area contributed by atoms with Crippen LogP contribution < -0.4 is 5.32 Å². The summed E-state index contributed by atoms with van der Waals surface area (Å²) in [6.45, 7) is 6.63. The number of nitrogens with zero attached hydrogens (tertiary/aromatic N) is 5. The first-order chi connectivity index (χ1) is 16.5. The number of aromatic nitrogens is 4. The molecule has 0 spiro atoms. The van der Waals surface area contributed by atoms with Gasteiger partial charge >= 0.3 is 0 Å². The molecule has 2 atom stereocenters. The van der Waals surface area contributed by atoms with Crippen LogP contribution in [0, 0.1) is 0 Å². The lowest BCUT2D eigenvalue weighted by Gasteiger charge is -2.34. The van der Waals surface area contributed by atoms with Gasteiger partial charge in [0, 0.05) is 30.6 Å². The lowest BCUT2D eigenvalue weighted by atomic mass is 10.2. The van der Waals surface area contributed by atoms with Gasteiger partial charge in [0.05, 0.1) is 23.6 Å². The van der Waals surface area contributed by atoms with E-state index in [4.69, 9.17) is 4.74 Å². The molecule has 3 heterocycles. The van der Waals surface area contributed by atoms with Gasteiger partial charge in [0.2, 0.25) is 5.82 Å². The molecule has 8 nitrogen and oxygen atoms in total. The molecule has 1 aliphatic rings. The Morgan fingerprint density at radius 2 is 1.71 bits per heavy atom. The number of amides is 1. The smallest absolute Gasteiger partial charge is 0.297 e. The third-order valence-electron chi connectivity index (χ3n) is 5.50. The summed E-state index contributed by atoms with van der Waals surface area (Å²) < 4.78 is 7.50. The van der Waals surface area contributed by atoms with Crippen molar-refractivity contribution < 1.29 is 9.53 Å². The van der Waals surface area contributed by atoms with E-state index >= 15 is 0 Å². The van der Waals surface area contributed by atoms with Gasteiger partial charge in [0.15, 0.2) is 11.0 Å². The molecule has 1 aliphatic heterocycles. The Kier molecular flexibility index (Phi) is 6.48. The topological polar surface area (TPSA) is 85.2 Å². The highest BCUT2D eigenvalue weighted by Crippen LogP contribution is 2.23. The second kappa shape index (κ2) is 9.84. The Morgan fingerprint density at radius 3 is 2.41 bits per heavy atom. The second-order valence-electron chi connectivity index (χ2n) is 8.42. The number of benzene rings is 2. The van der Waals surface area contributed by atoms with Crippen molar-refractivity contribution >= 4 is 22.4 Å². The molecular weight excluding hydrogens is 448 g/mol. The summed E-state index contributed by atoms with van der Waals surface area (Å²) in [7, 11) is 0. The summed E-state index contributed by atoms with van der Waals surface area (Å²) in [5.41, 5.74) is 2.64. The first kappa shape index (κ1) is 22.4. The number of anilines is 1. The van der Waals surface area contributed by atoms with Crippen LogP contribution in [0.2, 0.25) is 0 Å². The SMILES string of the molecule is CC1CN(Cc2csc(NC(=O)c3nc(-c4ccccc4)n(-c4ccccc4)n3)n2)CC(C)O1. The number of morpholine rings is 1. The van der Waals surface area contributed by atoms with Crippen molar-refractivity contribution in [1.82, 2.24) is 24.6 Å². The average Bonchev–Trinajstić information content (AvgIpc) is 3.47. The summed E-state index contributed by atoms with van der Waals surface area (Å²) in [4.78, 5) is 24.5. The van der Waals surface area contributed by atoms with E-state index in [1.807, 2.05) is 66.0 Å². The van der Waals surface area contributed by atoms with E-state index in [1.165, 1.54) is 11.3 Å². The molecule has 0 aliphatic carbocycles. The van der Waals surface area contributed by atoms with Crippen LogP contribution in [0.3, 0.4) is 0 Å². The van der Waals surface area contributed by atoms with Crippen LogP contribution in [0.25, 0.3) is 17.1 Å². The Morgan fingerprint density at radius 1 is 1.03 bits per heavy atom. The van der Waals surface area contributed by atoms with Crippen LogP contribution >= 0.6 is 11.3 Å². The average molecular weight is 475 g/mol. The van der Waals surface area contributed by atoms with Gasteiger partial charge in [-0.15, -0.1) is 16.4 Å². The quantitative estimate of drug-likeness (QED) is 0.450. The molecule has 1 N–H and O–H groups in total. The zero-order valence-corrected chi connectivity index (χ0v) is 19.9. The molecule has 1 fully saturated rings. The summed E-state index contributed by atoms with van der Waals surface area (Å²) in [5, 5.41) is 9.89. The highest BCUT2D eigenvalue weighted by atomic mass is 32.1. The number of rotatable bonds is 6. The van der Waals surface area contributed by atoms with Crippen LogP contribution in [0.4, 0.5) is 5.13 Å². The Bertz CT molecular complexity index is 1190. The number of thiazole rings is 1. The number of para-hydroxylation sites is 1. The van der Waals surface area contributed by atoms with Gasteiger partial charge in [0.25, 0.3) is 5.91 Å². The number of nitrogens with one attached hydrogen (secondary N) is 1. The Hall–Kier alpha value is -3.40. The van der Waals surface area contributed by atoms with Crippen molar-refractivity contribution in [3.05, 3.63) is 77.6 Å². The van der Waals surface area contributed by atoms with Crippen LogP contribution in [-0.2, 0) is 11.3 Å². The summed E-state index contributed by atoms with van der Waals surface area (Å²) >= 11 is 1.40. The molecule has 4 aromatic rings. The third-order valence-corrected chi connectivity index (χ3v) is 6.30. The highest BCUT2D eigenvalue weighted by Gasteiger charge is 2.23. The first-order valence-electron chi connectivity index (χ1n) is 11.3. The van der Waals surface area contributed by atoms with Crippen molar-refractivity contribution in [2.75, 3.05) is 18.4 Å². The fourth-order valence-electron chi connectivity index (χ4n) is 4.16. The standard InChI is InChI=1S/C25H26N6O2S/c1-17-13-30(14-18(2)33-17)15-20-16-34-25(26-20)28-24(32)22-27-23(19-9-5-3-6-10-19)31(29-22)21-11-7-4-8-12-21/h3-12,16-18H,13-15H2,1-2H3,(H,26,28,32). The Labute approximate surface area is 202 Å². The third kappa shape index (κ3) is 5.06. The largest absolute Gasteiger partial charge is 0.373 e. The van der Waals surface area contributed by atoms with Crippen molar-refractivity contribution in [2.24, 2.45) is 0 Å². The van der Waals surface area contributed by atoms with E-state index in [-0.39, 0.29) is 23.9 Å². The summed E-state index contributed by atoms with van der Waals surface area (Å²) in [6, 6.07) is 19.4. The highest BCUT2D eigenvalue weighted by molar-refractivity contribution is 7.13. The summed E-state index contributed by atoms with van der Waals surface area (Å²) in [6.07, 6.45) is 0.400. The number of hydrogen-bond donors (Lipinski definition) is 1. The van der Waals surface area contributed by atoms with Crippen molar-refractivity contribution in [3.8, 4) is 17.1 Å². The van der Waals surface area contributed by atoms with E-state index in [0.29, 0.717) is 11.0 Å². The normalized spacial score (nSPS) is 18.6. The minimum atomic E-state index is -0.388. The maximum absolute atomic E-state index is 13.0. The Balaban J connectivity index is 1.34. The van der Waals surface area contributed by atoms with Crippen LogP contribution in [0.5, 0.6) is 0 Å². The van der Waals surface area contributed by atoms with Gasteiger partial charge in [-0.3, -0.25) is 15.0 Å². The zero-order chi connectivity index (χ0) is 23.5. The molecule has 1 amide bonds. The minimum Gasteiger partial charge on any atom is -0.373 e. The predicted molar refractivity (Wildman–Crippen MR) is 132 cm³/mol. The van der Waals surface area contributed by atoms with Gasteiger partial charge < -0.3 is 4.74 Å². The number of hydrogen-bond acceptors (Lipinski definition) is 7. The number of ether oxygens (including phenoxy) is 1. The van der Waals surface area contributed by atoms with E-state index in [2.05, 4.69) is 39.1 Å². The molecule has 2 aromatic heterocycles. The predicted octanol–water partition coefficient (Wildman–Crippen LogP) is 4.25. The molecule has 174 valence electrons. The maximum Gasteiger partial charge on any atom is 0.297 e. The van der Waals surface area contributed by atoms with Crippen LogP contribution in [-0.4, -0.2) is 55.9 Å². The molecule has 2 aromatic carbocycles. The monoisotopic (exact) mass is 474 g/mol. The molecule has 9 heteroatoms. The van der Waals surface area contributed by atoms with E-state index in [1.54, 1.807) is 4.68 Å². The fourth-order valence-corrected chi connectivity index (χ4v) is 4.86. The van der Waals surface area contributed by atoms with Crippen molar-refractivity contribution in [3.63, 3.8) is 0 Å². The van der Waals surface area contributed by atoms with Gasteiger partial charge in [-0.1, -0.05) is 48.5 Å². The molecule has 5 rings (SSSR count). The van der Waals surface area contributed by atoms with Crippen LogP contribution in [0.1, 0.15) is 30.2 Å². The lowest BCUT2D eigenvalue weighted by molar-refractivity contribution is -0.0707. The fraction of sp³-hybridized carbons (Fsp3) is 0.280. The lowest BCUT2D eigenvalue weighted by Crippen LogP contribution is -2.44. The molecule has 0 bridgehead atoms.